The van der Waals surface area contributed by atoms with Crippen LogP contribution in [0.25, 0.3) is 22.1 Å². The highest BCUT2D eigenvalue weighted by Crippen LogP contribution is 2.46. The summed E-state index contributed by atoms with van der Waals surface area (Å²) in [5.41, 5.74) is -3.92. The first-order valence-corrected chi connectivity index (χ1v) is 10.6. The molecule has 0 aliphatic heterocycles. The molecule has 0 N–H and O–H groups in total. The molecule has 0 bridgehead atoms. The number of benzene rings is 2. The fourth-order valence-electron chi connectivity index (χ4n) is 3.30. The lowest BCUT2D eigenvalue weighted by Gasteiger charge is -2.32. The Morgan fingerprint density at radius 1 is 0.821 bits per heavy atom. The minimum Gasteiger partial charge on any atom is -0.497 e. The van der Waals surface area contributed by atoms with Gasteiger partial charge in [-0.1, -0.05) is 0 Å². The number of rotatable bonds is 9. The predicted octanol–water partition coefficient (Wildman–Crippen LogP) is 6.34. The van der Waals surface area contributed by atoms with Crippen LogP contribution >= 0.6 is 0 Å². The van der Waals surface area contributed by atoms with Crippen molar-refractivity contribution in [1.82, 2.24) is 0 Å². The molecule has 0 saturated heterocycles. The molecule has 0 aliphatic carbocycles. The van der Waals surface area contributed by atoms with E-state index in [9.17, 15) is 49.1 Å². The van der Waals surface area contributed by atoms with Gasteiger partial charge < -0.3 is 18.6 Å². The molecule has 0 fully saturated rings. The molecule has 39 heavy (non-hydrogen) atoms. The maximum Gasteiger partial charge on any atom is 0.417 e. The van der Waals surface area contributed by atoms with Gasteiger partial charge in [0.1, 0.15) is 17.1 Å². The third kappa shape index (κ3) is 6.06. The Morgan fingerprint density at radius 2 is 1.44 bits per heavy atom. The molecule has 0 saturated carbocycles. The van der Waals surface area contributed by atoms with E-state index < -0.39 is 76.8 Å². The third-order valence-electron chi connectivity index (χ3n) is 5.33. The molecule has 0 unspecified atom stereocenters. The first-order valence-electron chi connectivity index (χ1n) is 10.6. The summed E-state index contributed by atoms with van der Waals surface area (Å²) in [6.07, 6.45) is -4.88. The maximum atomic E-state index is 14.0. The highest BCUT2D eigenvalue weighted by molar-refractivity contribution is 5.83. The van der Waals surface area contributed by atoms with Gasteiger partial charge in [0.25, 0.3) is 0 Å². The first kappa shape index (κ1) is 29.6. The van der Waals surface area contributed by atoms with E-state index in [-0.39, 0.29) is 11.1 Å². The lowest BCUT2D eigenvalue weighted by atomic mass is 9.99. The lowest BCUT2D eigenvalue weighted by Crippen LogP contribution is -2.58. The van der Waals surface area contributed by atoms with E-state index in [4.69, 9.17) is 9.15 Å². The average molecular weight is 572 g/mol. The zero-order valence-electron chi connectivity index (χ0n) is 19.8. The van der Waals surface area contributed by atoms with E-state index in [0.29, 0.717) is 13.0 Å². The number of carbonyl (C=O) groups is 1. The van der Waals surface area contributed by atoms with Crippen molar-refractivity contribution in [3.63, 3.8) is 0 Å². The molecule has 0 aliphatic rings. The van der Waals surface area contributed by atoms with Gasteiger partial charge >= 0.3 is 35.5 Å². The summed E-state index contributed by atoms with van der Waals surface area (Å²) < 4.78 is 142. The molecule has 0 radical (unpaired) electrons. The Hall–Kier alpha value is -3.91. The van der Waals surface area contributed by atoms with Crippen molar-refractivity contribution in [2.45, 2.75) is 30.9 Å². The number of esters is 1. The molecular weight excluding hydrogens is 555 g/mol. The van der Waals surface area contributed by atoms with Crippen LogP contribution in [0.15, 0.2) is 51.7 Å². The van der Waals surface area contributed by atoms with Crippen LogP contribution in [0.3, 0.4) is 0 Å². The molecule has 0 spiro atoms. The molecule has 2 aromatic carbocycles. The molecule has 1 heterocycles. The smallest absolute Gasteiger partial charge is 0.417 e. The molecule has 1 aromatic heterocycles. The number of carbonyl (C=O) groups excluding carboxylic acids is 1. The van der Waals surface area contributed by atoms with Gasteiger partial charge in [-0.05, 0) is 36.4 Å². The Bertz CT molecular complexity index is 1430. The molecule has 3 aromatic rings. The summed E-state index contributed by atoms with van der Waals surface area (Å²) >= 11 is 0. The highest BCUT2D eigenvalue weighted by Gasteiger charge is 2.72. The van der Waals surface area contributed by atoms with Gasteiger partial charge in [-0.3, -0.25) is 4.79 Å². The van der Waals surface area contributed by atoms with E-state index in [1.54, 1.807) is 0 Å². The number of fused-ring (bicyclic) bond motifs is 1. The number of ether oxygens (including phenoxy) is 3. The second-order valence-corrected chi connectivity index (χ2v) is 8.11. The summed E-state index contributed by atoms with van der Waals surface area (Å²) in [6.45, 7) is -3.95. The predicted molar refractivity (Wildman–Crippen MR) is 116 cm³/mol. The number of alkyl halides is 9. The van der Waals surface area contributed by atoms with Crippen LogP contribution in [0, 0.1) is 0 Å². The second-order valence-electron chi connectivity index (χ2n) is 8.11. The second kappa shape index (κ2) is 10.3. The Morgan fingerprint density at radius 3 is 2.03 bits per heavy atom. The van der Waals surface area contributed by atoms with Crippen molar-refractivity contribution in [2.24, 2.45) is 0 Å². The first-order chi connectivity index (χ1) is 17.9. The van der Waals surface area contributed by atoms with Crippen LogP contribution in [-0.4, -0.2) is 44.1 Å². The van der Waals surface area contributed by atoms with Crippen LogP contribution < -0.4 is 15.1 Å². The van der Waals surface area contributed by atoms with Crippen molar-refractivity contribution in [2.75, 3.05) is 20.3 Å². The van der Waals surface area contributed by atoms with Crippen molar-refractivity contribution < 1.29 is 62.9 Å². The SMILES string of the molecule is COc1ccc(-c2cc3ccc(OCC(F)(F)C(F)(F)C(F)(F)COC(C)=O)cc3oc2=O)c(C(F)(F)F)c1. The van der Waals surface area contributed by atoms with Crippen LogP contribution in [0.4, 0.5) is 39.5 Å². The molecule has 212 valence electrons. The van der Waals surface area contributed by atoms with Gasteiger partial charge in [0, 0.05) is 23.9 Å². The fourth-order valence-corrected chi connectivity index (χ4v) is 3.30. The minimum atomic E-state index is -6.00. The van der Waals surface area contributed by atoms with E-state index in [2.05, 4.69) is 9.47 Å². The zero-order valence-corrected chi connectivity index (χ0v) is 19.8. The Kier molecular flexibility index (Phi) is 7.86. The fraction of sp³-hybridized carbons (Fsp3) is 0.333. The van der Waals surface area contributed by atoms with E-state index in [1.807, 2.05) is 0 Å². The standard InChI is InChI=1S/C24H17F9O6/c1-12(34)37-10-21(25,26)24(32,33)22(27,28)11-38-15-4-3-13-7-17(20(35)39-19(13)9-15)16-6-5-14(36-2)8-18(16)23(29,30)31/h3-9H,10-11H2,1-2H3. The number of methoxy groups -OCH3 is 1. The number of hydrogen-bond acceptors (Lipinski definition) is 6. The largest absolute Gasteiger partial charge is 0.497 e. The summed E-state index contributed by atoms with van der Waals surface area (Å²) in [5, 5.41) is -0.00843. The molecular formula is C24H17F9O6. The molecule has 3 rings (SSSR count). The van der Waals surface area contributed by atoms with Crippen LogP contribution in [0.1, 0.15) is 12.5 Å². The Balaban J connectivity index is 1.90. The van der Waals surface area contributed by atoms with Gasteiger partial charge in [-0.2, -0.15) is 39.5 Å². The topological polar surface area (TPSA) is 75.0 Å². The normalized spacial score (nSPS) is 12.9. The minimum absolute atomic E-state index is 0.00843. The quantitative estimate of drug-likeness (QED) is 0.169. The van der Waals surface area contributed by atoms with Crippen LogP contribution in [0.2, 0.25) is 0 Å². The number of hydrogen-bond donors (Lipinski definition) is 0. The van der Waals surface area contributed by atoms with Gasteiger partial charge in [-0.15, -0.1) is 0 Å². The zero-order chi connectivity index (χ0) is 29.4. The molecule has 0 amide bonds. The van der Waals surface area contributed by atoms with Crippen molar-refractivity contribution in [1.29, 1.82) is 0 Å². The van der Waals surface area contributed by atoms with Gasteiger partial charge in [0.15, 0.2) is 13.2 Å². The number of halogens is 9. The van der Waals surface area contributed by atoms with E-state index in [0.717, 1.165) is 37.4 Å². The van der Waals surface area contributed by atoms with Gasteiger partial charge in [0.2, 0.25) is 0 Å². The van der Waals surface area contributed by atoms with Gasteiger partial charge in [0.05, 0.1) is 18.2 Å². The molecule has 6 nitrogen and oxygen atoms in total. The average Bonchev–Trinajstić information content (AvgIpc) is 2.84. The molecule has 0 atom stereocenters. The lowest BCUT2D eigenvalue weighted by molar-refractivity contribution is -0.322. The highest BCUT2D eigenvalue weighted by atomic mass is 19.4. The van der Waals surface area contributed by atoms with Crippen molar-refractivity contribution in [3.8, 4) is 22.6 Å². The van der Waals surface area contributed by atoms with E-state index in [1.165, 1.54) is 6.07 Å². The van der Waals surface area contributed by atoms with Crippen LogP contribution in [0.5, 0.6) is 11.5 Å². The van der Waals surface area contributed by atoms with Crippen LogP contribution in [-0.2, 0) is 15.7 Å². The summed E-state index contributed by atoms with van der Waals surface area (Å²) in [5.74, 6) is -19.1. The van der Waals surface area contributed by atoms with E-state index >= 15 is 0 Å². The van der Waals surface area contributed by atoms with Gasteiger partial charge in [-0.25, -0.2) is 4.79 Å². The third-order valence-corrected chi connectivity index (χ3v) is 5.33. The Labute approximate surface area is 212 Å². The van der Waals surface area contributed by atoms with Crippen molar-refractivity contribution in [3.05, 3.63) is 58.4 Å². The summed E-state index contributed by atoms with van der Waals surface area (Å²) in [7, 11) is 1.14. The summed E-state index contributed by atoms with van der Waals surface area (Å²) in [4.78, 5) is 23.1. The monoisotopic (exact) mass is 572 g/mol. The summed E-state index contributed by atoms with van der Waals surface area (Å²) in [6, 6.07) is 6.59. The molecule has 15 heteroatoms. The maximum absolute atomic E-state index is 14.0. The van der Waals surface area contributed by atoms with Crippen molar-refractivity contribution >= 4 is 16.9 Å².